The van der Waals surface area contributed by atoms with E-state index in [2.05, 4.69) is 5.32 Å². The highest BCUT2D eigenvalue weighted by atomic mass is 19.4. The first-order valence-corrected chi connectivity index (χ1v) is 8.04. The van der Waals surface area contributed by atoms with Gasteiger partial charge in [0.15, 0.2) is 0 Å². The standard InChI is InChI=1S/C19H19F3N2O2/c1-3-24(18(26)14-10-8-13(2)9-11-14)12-17(25)23-16-7-5-4-6-15(16)19(20,21)22/h4-11H,3,12H2,1-2H3,(H,23,25). The Morgan fingerprint density at radius 3 is 2.23 bits per heavy atom. The van der Waals surface area contributed by atoms with Crippen LogP contribution < -0.4 is 5.32 Å². The Morgan fingerprint density at radius 2 is 1.65 bits per heavy atom. The second-order valence-corrected chi connectivity index (χ2v) is 5.78. The molecule has 4 nitrogen and oxygen atoms in total. The largest absolute Gasteiger partial charge is 0.418 e. The molecule has 2 aromatic rings. The van der Waals surface area contributed by atoms with Gasteiger partial charge < -0.3 is 10.2 Å². The topological polar surface area (TPSA) is 49.4 Å². The summed E-state index contributed by atoms with van der Waals surface area (Å²) in [5.41, 5.74) is 0.150. The molecule has 0 aliphatic rings. The summed E-state index contributed by atoms with van der Waals surface area (Å²) in [7, 11) is 0. The van der Waals surface area contributed by atoms with Gasteiger partial charge in [-0.25, -0.2) is 0 Å². The van der Waals surface area contributed by atoms with Crippen LogP contribution in [0.3, 0.4) is 0 Å². The number of carbonyl (C=O) groups is 2. The predicted octanol–water partition coefficient (Wildman–Crippen LogP) is 4.11. The van der Waals surface area contributed by atoms with Gasteiger partial charge in [0, 0.05) is 12.1 Å². The fraction of sp³-hybridized carbons (Fsp3) is 0.263. The number of nitrogens with zero attached hydrogens (tertiary/aromatic N) is 1. The molecule has 2 aromatic carbocycles. The van der Waals surface area contributed by atoms with Crippen molar-refractivity contribution in [1.82, 2.24) is 4.90 Å². The smallest absolute Gasteiger partial charge is 0.330 e. The molecule has 2 amide bonds. The van der Waals surface area contributed by atoms with Crippen molar-refractivity contribution in [2.45, 2.75) is 20.0 Å². The number of hydrogen-bond acceptors (Lipinski definition) is 2. The molecule has 7 heteroatoms. The maximum atomic E-state index is 13.0. The van der Waals surface area contributed by atoms with Crippen LogP contribution in [0.15, 0.2) is 48.5 Å². The van der Waals surface area contributed by atoms with Crippen LogP contribution in [0.5, 0.6) is 0 Å². The van der Waals surface area contributed by atoms with Gasteiger partial charge in [-0.3, -0.25) is 9.59 Å². The molecule has 138 valence electrons. The third kappa shape index (κ3) is 4.84. The fourth-order valence-electron chi connectivity index (χ4n) is 2.41. The molecule has 0 aliphatic carbocycles. The van der Waals surface area contributed by atoms with Gasteiger partial charge in [0.05, 0.1) is 11.3 Å². The van der Waals surface area contributed by atoms with E-state index < -0.39 is 17.6 Å². The quantitative estimate of drug-likeness (QED) is 0.868. The molecule has 2 rings (SSSR count). The predicted molar refractivity (Wildman–Crippen MR) is 92.8 cm³/mol. The van der Waals surface area contributed by atoms with E-state index in [-0.39, 0.29) is 24.7 Å². The number of amides is 2. The summed E-state index contributed by atoms with van der Waals surface area (Å²) in [5, 5.41) is 2.24. The number of halogens is 3. The van der Waals surface area contributed by atoms with Gasteiger partial charge in [-0.15, -0.1) is 0 Å². The van der Waals surface area contributed by atoms with Gasteiger partial charge in [0.2, 0.25) is 5.91 Å². The highest BCUT2D eigenvalue weighted by Crippen LogP contribution is 2.34. The van der Waals surface area contributed by atoms with Crippen LogP contribution in [-0.4, -0.2) is 29.8 Å². The average Bonchev–Trinajstić information content (AvgIpc) is 2.59. The fourth-order valence-corrected chi connectivity index (χ4v) is 2.41. The number of aryl methyl sites for hydroxylation is 1. The van der Waals surface area contributed by atoms with Crippen molar-refractivity contribution in [2.75, 3.05) is 18.4 Å². The molecule has 0 radical (unpaired) electrons. The number of benzene rings is 2. The Kier molecular flexibility index (Phi) is 6.02. The molecule has 0 spiro atoms. The first kappa shape index (κ1) is 19.5. The zero-order valence-electron chi connectivity index (χ0n) is 14.4. The third-order valence-electron chi connectivity index (χ3n) is 3.81. The van der Waals surface area contributed by atoms with Crippen molar-refractivity contribution in [1.29, 1.82) is 0 Å². The first-order chi connectivity index (χ1) is 12.2. The summed E-state index contributed by atoms with van der Waals surface area (Å²) in [6, 6.07) is 11.6. The Bertz CT molecular complexity index is 786. The van der Waals surface area contributed by atoms with E-state index in [1.54, 1.807) is 31.2 Å². The lowest BCUT2D eigenvalue weighted by Gasteiger charge is -2.21. The number of alkyl halides is 3. The normalized spacial score (nSPS) is 11.1. The Hall–Kier alpha value is -2.83. The lowest BCUT2D eigenvalue weighted by Crippen LogP contribution is -2.38. The number of hydrogen-bond donors (Lipinski definition) is 1. The van der Waals surface area contributed by atoms with Crippen molar-refractivity contribution in [3.8, 4) is 0 Å². The van der Waals surface area contributed by atoms with Gasteiger partial charge in [0.25, 0.3) is 5.91 Å². The number of carbonyl (C=O) groups excluding carboxylic acids is 2. The summed E-state index contributed by atoms with van der Waals surface area (Å²) >= 11 is 0. The van der Waals surface area contributed by atoms with E-state index in [9.17, 15) is 22.8 Å². The number of para-hydroxylation sites is 1. The Labute approximate surface area is 149 Å². The van der Waals surface area contributed by atoms with Crippen LogP contribution in [0.4, 0.5) is 18.9 Å². The molecular formula is C19H19F3N2O2. The van der Waals surface area contributed by atoms with Gasteiger partial charge in [0.1, 0.15) is 6.54 Å². The number of likely N-dealkylation sites (N-methyl/N-ethyl adjacent to an activating group) is 1. The first-order valence-electron chi connectivity index (χ1n) is 8.04. The average molecular weight is 364 g/mol. The molecule has 0 heterocycles. The lowest BCUT2D eigenvalue weighted by molar-refractivity contribution is -0.137. The molecule has 0 saturated heterocycles. The highest BCUT2D eigenvalue weighted by molar-refractivity contribution is 5.99. The van der Waals surface area contributed by atoms with Crippen LogP contribution in [0.25, 0.3) is 0 Å². The van der Waals surface area contributed by atoms with Crippen molar-refractivity contribution in [2.24, 2.45) is 0 Å². The van der Waals surface area contributed by atoms with E-state index >= 15 is 0 Å². The monoisotopic (exact) mass is 364 g/mol. The van der Waals surface area contributed by atoms with Gasteiger partial charge >= 0.3 is 6.18 Å². The van der Waals surface area contributed by atoms with Crippen LogP contribution in [-0.2, 0) is 11.0 Å². The maximum absolute atomic E-state index is 13.0. The summed E-state index contributed by atoms with van der Waals surface area (Å²) in [6.07, 6.45) is -4.58. The Morgan fingerprint density at radius 1 is 1.04 bits per heavy atom. The van der Waals surface area contributed by atoms with E-state index in [4.69, 9.17) is 0 Å². The second kappa shape index (κ2) is 8.03. The van der Waals surface area contributed by atoms with Crippen molar-refractivity contribution < 1.29 is 22.8 Å². The van der Waals surface area contributed by atoms with Crippen LogP contribution >= 0.6 is 0 Å². The molecule has 0 aliphatic heterocycles. The molecule has 0 bridgehead atoms. The molecule has 0 unspecified atom stereocenters. The SMILES string of the molecule is CCN(CC(=O)Nc1ccccc1C(F)(F)F)C(=O)c1ccc(C)cc1. The summed E-state index contributed by atoms with van der Waals surface area (Å²) < 4.78 is 39.0. The van der Waals surface area contributed by atoms with E-state index in [1.807, 2.05) is 6.92 Å². The van der Waals surface area contributed by atoms with E-state index in [0.29, 0.717) is 5.56 Å². The molecule has 0 atom stereocenters. The van der Waals surface area contributed by atoms with Crippen molar-refractivity contribution >= 4 is 17.5 Å². The molecule has 0 fully saturated rings. The molecule has 1 N–H and O–H groups in total. The summed E-state index contributed by atoms with van der Waals surface area (Å²) in [4.78, 5) is 25.9. The molecular weight excluding hydrogens is 345 g/mol. The van der Waals surface area contributed by atoms with Crippen molar-refractivity contribution in [3.63, 3.8) is 0 Å². The van der Waals surface area contributed by atoms with Crippen LogP contribution in [0, 0.1) is 6.92 Å². The minimum Gasteiger partial charge on any atom is -0.330 e. The minimum absolute atomic E-state index is 0.251. The summed E-state index contributed by atoms with van der Waals surface area (Å²) in [5.74, 6) is -1.05. The number of rotatable bonds is 5. The van der Waals surface area contributed by atoms with E-state index in [0.717, 1.165) is 11.6 Å². The number of nitrogens with one attached hydrogen (secondary N) is 1. The van der Waals surface area contributed by atoms with Gasteiger partial charge in [-0.1, -0.05) is 29.8 Å². The zero-order chi connectivity index (χ0) is 19.3. The molecule has 0 aromatic heterocycles. The summed E-state index contributed by atoms with van der Waals surface area (Å²) in [6.45, 7) is 3.50. The van der Waals surface area contributed by atoms with Crippen molar-refractivity contribution in [3.05, 3.63) is 65.2 Å². The minimum atomic E-state index is -4.58. The lowest BCUT2D eigenvalue weighted by atomic mass is 10.1. The van der Waals surface area contributed by atoms with E-state index in [1.165, 1.54) is 23.1 Å². The molecule has 26 heavy (non-hydrogen) atoms. The molecule has 0 saturated carbocycles. The zero-order valence-corrected chi connectivity index (χ0v) is 14.4. The van der Waals surface area contributed by atoms with Crippen LogP contribution in [0.2, 0.25) is 0 Å². The highest BCUT2D eigenvalue weighted by Gasteiger charge is 2.33. The maximum Gasteiger partial charge on any atom is 0.418 e. The van der Waals surface area contributed by atoms with Crippen LogP contribution in [0.1, 0.15) is 28.4 Å². The van der Waals surface area contributed by atoms with Gasteiger partial charge in [-0.2, -0.15) is 13.2 Å². The number of anilines is 1. The second-order valence-electron chi connectivity index (χ2n) is 5.78. The Balaban J connectivity index is 2.11. The third-order valence-corrected chi connectivity index (χ3v) is 3.81. The van der Waals surface area contributed by atoms with Gasteiger partial charge in [-0.05, 0) is 38.1 Å².